The van der Waals surface area contributed by atoms with Gasteiger partial charge in [0.15, 0.2) is 0 Å². The van der Waals surface area contributed by atoms with Crippen LogP contribution in [0.15, 0.2) is 0 Å². The molecule has 2 atom stereocenters. The molecule has 4 heteroatoms. The Bertz CT molecular complexity index is 205. The summed E-state index contributed by atoms with van der Waals surface area (Å²) in [5, 5.41) is 6.28. The molecule has 1 rings (SSSR count). The van der Waals surface area contributed by atoms with E-state index in [4.69, 9.17) is 0 Å². The second-order valence-electron chi connectivity index (χ2n) is 4.50. The molecule has 0 bridgehead atoms. The third-order valence-corrected chi connectivity index (χ3v) is 4.19. The maximum Gasteiger partial charge on any atom is 0.236 e. The van der Waals surface area contributed by atoms with Crippen molar-refractivity contribution in [3.63, 3.8) is 0 Å². The van der Waals surface area contributed by atoms with E-state index in [9.17, 15) is 4.79 Å². The molecule has 0 aromatic rings. The zero-order chi connectivity index (χ0) is 11.8. The number of nitrogens with one attached hydrogen (secondary N) is 2. The van der Waals surface area contributed by atoms with Gasteiger partial charge in [0.05, 0.1) is 6.04 Å². The van der Waals surface area contributed by atoms with E-state index in [0.29, 0.717) is 0 Å². The van der Waals surface area contributed by atoms with Gasteiger partial charge in [0.1, 0.15) is 0 Å². The minimum atomic E-state index is -0.0533. The van der Waals surface area contributed by atoms with Gasteiger partial charge in [-0.3, -0.25) is 4.79 Å². The molecule has 0 aromatic heterocycles. The highest BCUT2D eigenvalue weighted by Crippen LogP contribution is 2.22. The summed E-state index contributed by atoms with van der Waals surface area (Å²) >= 11 is 2.02. The fraction of sp³-hybridized carbons (Fsp3) is 0.917. The Labute approximate surface area is 103 Å². The Morgan fingerprint density at radius 3 is 3.00 bits per heavy atom. The summed E-state index contributed by atoms with van der Waals surface area (Å²) in [5.41, 5.74) is 0. The molecule has 3 nitrogen and oxygen atoms in total. The smallest absolute Gasteiger partial charge is 0.236 e. The van der Waals surface area contributed by atoms with Gasteiger partial charge in [-0.05, 0) is 43.7 Å². The van der Waals surface area contributed by atoms with Crippen molar-refractivity contribution in [2.75, 3.05) is 24.6 Å². The zero-order valence-corrected chi connectivity index (χ0v) is 11.2. The Balaban J connectivity index is 2.07. The van der Waals surface area contributed by atoms with E-state index in [1.165, 1.54) is 17.9 Å². The number of amides is 1. The van der Waals surface area contributed by atoms with Crippen LogP contribution in [0, 0.1) is 5.92 Å². The Morgan fingerprint density at radius 1 is 1.56 bits per heavy atom. The average Bonchev–Trinajstić information content (AvgIpc) is 2.79. The first-order chi connectivity index (χ1) is 7.74. The summed E-state index contributed by atoms with van der Waals surface area (Å²) in [6, 6.07) is -0.0533. The molecule has 2 N–H and O–H groups in total. The van der Waals surface area contributed by atoms with Gasteiger partial charge < -0.3 is 10.6 Å². The summed E-state index contributed by atoms with van der Waals surface area (Å²) in [6.07, 6.45) is 3.49. The predicted octanol–water partition coefficient (Wildman–Crippen LogP) is 1.63. The van der Waals surface area contributed by atoms with E-state index in [2.05, 4.69) is 17.6 Å². The van der Waals surface area contributed by atoms with Crippen molar-refractivity contribution in [3.05, 3.63) is 0 Å². The van der Waals surface area contributed by atoms with Gasteiger partial charge in [-0.1, -0.05) is 13.3 Å². The SMILES string of the molecule is CCCCNC(=O)C(C)NCC1CCSC1. The lowest BCUT2D eigenvalue weighted by Crippen LogP contribution is -2.44. The lowest BCUT2D eigenvalue weighted by molar-refractivity contribution is -0.122. The van der Waals surface area contributed by atoms with Gasteiger partial charge >= 0.3 is 0 Å². The minimum absolute atomic E-state index is 0.0533. The molecule has 0 aromatic carbocycles. The van der Waals surface area contributed by atoms with Gasteiger partial charge in [-0.15, -0.1) is 0 Å². The Morgan fingerprint density at radius 2 is 2.38 bits per heavy atom. The van der Waals surface area contributed by atoms with E-state index in [1.54, 1.807) is 0 Å². The van der Waals surface area contributed by atoms with Gasteiger partial charge in [0, 0.05) is 6.54 Å². The van der Waals surface area contributed by atoms with Crippen LogP contribution in [0.1, 0.15) is 33.1 Å². The molecule has 1 saturated heterocycles. The molecule has 94 valence electrons. The maximum absolute atomic E-state index is 11.6. The van der Waals surface area contributed by atoms with Crippen LogP contribution in [-0.4, -0.2) is 36.5 Å². The zero-order valence-electron chi connectivity index (χ0n) is 10.4. The molecule has 0 spiro atoms. The van der Waals surface area contributed by atoms with E-state index in [0.717, 1.165) is 31.8 Å². The van der Waals surface area contributed by atoms with Crippen molar-refractivity contribution in [3.8, 4) is 0 Å². The van der Waals surface area contributed by atoms with Crippen molar-refractivity contribution in [2.45, 2.75) is 39.2 Å². The van der Waals surface area contributed by atoms with Crippen molar-refractivity contribution >= 4 is 17.7 Å². The van der Waals surface area contributed by atoms with Gasteiger partial charge in [0.25, 0.3) is 0 Å². The number of carbonyl (C=O) groups excluding carboxylic acids is 1. The van der Waals surface area contributed by atoms with E-state index in [-0.39, 0.29) is 11.9 Å². The van der Waals surface area contributed by atoms with Crippen LogP contribution in [0.3, 0.4) is 0 Å². The summed E-state index contributed by atoms with van der Waals surface area (Å²) in [6.45, 7) is 5.87. The van der Waals surface area contributed by atoms with Crippen LogP contribution in [0.2, 0.25) is 0 Å². The largest absolute Gasteiger partial charge is 0.355 e. The van der Waals surface area contributed by atoms with Crippen LogP contribution >= 0.6 is 11.8 Å². The van der Waals surface area contributed by atoms with E-state index < -0.39 is 0 Å². The molecular weight excluding hydrogens is 220 g/mol. The fourth-order valence-electron chi connectivity index (χ4n) is 1.72. The molecule has 0 radical (unpaired) electrons. The topological polar surface area (TPSA) is 41.1 Å². The maximum atomic E-state index is 11.6. The highest BCUT2D eigenvalue weighted by atomic mass is 32.2. The molecule has 2 unspecified atom stereocenters. The molecule has 1 heterocycles. The number of carbonyl (C=O) groups is 1. The van der Waals surface area contributed by atoms with Crippen LogP contribution in [0.5, 0.6) is 0 Å². The molecule has 1 aliphatic rings. The van der Waals surface area contributed by atoms with Gasteiger partial charge in [0.2, 0.25) is 5.91 Å². The standard InChI is InChI=1S/C12H24N2OS/c1-3-4-6-13-12(15)10(2)14-8-11-5-7-16-9-11/h10-11,14H,3-9H2,1-2H3,(H,13,15). The summed E-state index contributed by atoms with van der Waals surface area (Å²) in [4.78, 5) is 11.6. The van der Waals surface area contributed by atoms with Crippen molar-refractivity contribution < 1.29 is 4.79 Å². The first-order valence-electron chi connectivity index (χ1n) is 6.33. The number of hydrogen-bond acceptors (Lipinski definition) is 3. The highest BCUT2D eigenvalue weighted by molar-refractivity contribution is 7.99. The Hall–Kier alpha value is -0.220. The highest BCUT2D eigenvalue weighted by Gasteiger charge is 2.18. The summed E-state index contributed by atoms with van der Waals surface area (Å²) in [7, 11) is 0. The van der Waals surface area contributed by atoms with Gasteiger partial charge in [-0.2, -0.15) is 11.8 Å². The first kappa shape index (κ1) is 13.8. The van der Waals surface area contributed by atoms with Crippen molar-refractivity contribution in [1.29, 1.82) is 0 Å². The molecule has 1 amide bonds. The summed E-state index contributed by atoms with van der Waals surface area (Å²) in [5.74, 6) is 3.43. The number of unbranched alkanes of at least 4 members (excludes halogenated alkanes) is 1. The molecule has 1 fully saturated rings. The summed E-state index contributed by atoms with van der Waals surface area (Å²) < 4.78 is 0. The van der Waals surface area contributed by atoms with Crippen LogP contribution in [-0.2, 0) is 4.79 Å². The predicted molar refractivity (Wildman–Crippen MR) is 70.8 cm³/mol. The second-order valence-corrected chi connectivity index (χ2v) is 5.65. The molecule has 0 aliphatic carbocycles. The first-order valence-corrected chi connectivity index (χ1v) is 7.48. The van der Waals surface area contributed by atoms with E-state index in [1.807, 2.05) is 18.7 Å². The molecule has 1 aliphatic heterocycles. The van der Waals surface area contributed by atoms with Crippen molar-refractivity contribution in [1.82, 2.24) is 10.6 Å². The molecule has 0 saturated carbocycles. The molecule has 16 heavy (non-hydrogen) atoms. The lowest BCUT2D eigenvalue weighted by Gasteiger charge is -2.16. The third-order valence-electron chi connectivity index (χ3n) is 2.96. The lowest BCUT2D eigenvalue weighted by atomic mass is 10.1. The van der Waals surface area contributed by atoms with Crippen molar-refractivity contribution in [2.24, 2.45) is 5.92 Å². The monoisotopic (exact) mass is 244 g/mol. The number of thioether (sulfide) groups is 1. The fourth-order valence-corrected chi connectivity index (χ4v) is 3.01. The molecular formula is C12H24N2OS. The second kappa shape index (κ2) is 7.96. The minimum Gasteiger partial charge on any atom is -0.355 e. The Kier molecular flexibility index (Phi) is 6.88. The quantitative estimate of drug-likeness (QED) is 0.669. The average molecular weight is 244 g/mol. The van der Waals surface area contributed by atoms with Crippen LogP contribution in [0.25, 0.3) is 0 Å². The number of rotatable bonds is 7. The number of hydrogen-bond donors (Lipinski definition) is 2. The van der Waals surface area contributed by atoms with E-state index >= 15 is 0 Å². The van der Waals surface area contributed by atoms with Gasteiger partial charge in [-0.25, -0.2) is 0 Å². The normalized spacial score (nSPS) is 22.0. The van der Waals surface area contributed by atoms with Crippen LogP contribution < -0.4 is 10.6 Å². The van der Waals surface area contributed by atoms with Crippen LogP contribution in [0.4, 0.5) is 0 Å². The third kappa shape index (κ3) is 5.21.